The number of carbonyl (C=O) groups is 1. The number of nitrogens with one attached hydrogen (secondary N) is 2. The number of hydrogen-bond acceptors (Lipinski definition) is 3. The van der Waals surface area contributed by atoms with Crippen LogP contribution < -0.4 is 10.6 Å². The van der Waals surface area contributed by atoms with Crippen LogP contribution in [0.3, 0.4) is 0 Å². The molecule has 2 N–H and O–H groups in total. The molecule has 0 saturated heterocycles. The highest BCUT2D eigenvalue weighted by Crippen LogP contribution is 2.10. The van der Waals surface area contributed by atoms with Gasteiger partial charge in [0, 0.05) is 36.9 Å². The highest BCUT2D eigenvalue weighted by molar-refractivity contribution is 6.30. The molecule has 1 aromatic carbocycles. The molecule has 0 unspecified atom stereocenters. The summed E-state index contributed by atoms with van der Waals surface area (Å²) in [5, 5.41) is 6.92. The molecule has 0 aliphatic rings. The van der Waals surface area contributed by atoms with Crippen molar-refractivity contribution in [2.24, 2.45) is 0 Å². The van der Waals surface area contributed by atoms with E-state index < -0.39 is 0 Å². The summed E-state index contributed by atoms with van der Waals surface area (Å²) >= 11 is 5.93. The molecule has 1 heterocycles. The van der Waals surface area contributed by atoms with Crippen LogP contribution in [0.4, 0.5) is 0 Å². The van der Waals surface area contributed by atoms with E-state index in [1.54, 1.807) is 12.4 Å². The summed E-state index contributed by atoms with van der Waals surface area (Å²) in [7, 11) is 0. The lowest BCUT2D eigenvalue weighted by molar-refractivity contribution is -0.121. The topological polar surface area (TPSA) is 54.0 Å². The molecule has 5 heteroatoms. The van der Waals surface area contributed by atoms with Crippen molar-refractivity contribution in [1.82, 2.24) is 15.6 Å². The molecule has 0 radical (unpaired) electrons. The molecule has 2 aromatic rings. The van der Waals surface area contributed by atoms with Crippen molar-refractivity contribution in [1.29, 1.82) is 0 Å². The van der Waals surface area contributed by atoms with Gasteiger partial charge in [0.1, 0.15) is 0 Å². The van der Waals surface area contributed by atoms with Crippen LogP contribution in [0.5, 0.6) is 0 Å². The van der Waals surface area contributed by atoms with Gasteiger partial charge in [-0.3, -0.25) is 9.78 Å². The molecule has 0 spiro atoms. The Morgan fingerprint density at radius 3 is 2.68 bits per heavy atom. The minimum Gasteiger partial charge on any atom is -0.352 e. The van der Waals surface area contributed by atoms with Gasteiger partial charge in [-0.2, -0.15) is 0 Å². The Balaban J connectivity index is 1.55. The minimum absolute atomic E-state index is 0.0482. The summed E-state index contributed by atoms with van der Waals surface area (Å²) in [5.74, 6) is 0.0482. The number of aromatic nitrogens is 1. The summed E-state index contributed by atoms with van der Waals surface area (Å²) in [6, 6.07) is 11.6. The number of amides is 1. The third-order valence-corrected chi connectivity index (χ3v) is 3.48. The first kappa shape index (κ1) is 16.5. The predicted octanol–water partition coefficient (Wildman–Crippen LogP) is 2.57. The number of carbonyl (C=O) groups excluding carboxylic acids is 1. The van der Waals surface area contributed by atoms with Gasteiger partial charge in [0.05, 0.1) is 0 Å². The van der Waals surface area contributed by atoms with E-state index in [0.717, 1.165) is 23.6 Å². The Bertz CT molecular complexity index is 589. The normalized spacial score (nSPS) is 10.4. The molecular formula is C17H20ClN3O. The van der Waals surface area contributed by atoms with Crippen LogP contribution in [0.15, 0.2) is 48.8 Å². The summed E-state index contributed by atoms with van der Waals surface area (Å²) in [6.07, 6.45) is 4.82. The molecule has 2 rings (SSSR count). The largest absolute Gasteiger partial charge is 0.352 e. The fourth-order valence-electron chi connectivity index (χ4n) is 2.04. The van der Waals surface area contributed by atoms with E-state index in [1.165, 1.54) is 5.56 Å². The van der Waals surface area contributed by atoms with E-state index >= 15 is 0 Å². The number of halogens is 1. The zero-order chi connectivity index (χ0) is 15.6. The van der Waals surface area contributed by atoms with Crippen LogP contribution in [0.1, 0.15) is 17.5 Å². The van der Waals surface area contributed by atoms with E-state index in [0.29, 0.717) is 19.5 Å². The second-order valence-corrected chi connectivity index (χ2v) is 5.45. The summed E-state index contributed by atoms with van der Waals surface area (Å²) in [5.41, 5.74) is 2.25. The Morgan fingerprint density at radius 1 is 1.09 bits per heavy atom. The Hall–Kier alpha value is -1.91. The maximum Gasteiger partial charge on any atom is 0.221 e. The summed E-state index contributed by atoms with van der Waals surface area (Å²) in [6.45, 7) is 2.05. The van der Waals surface area contributed by atoms with Crippen molar-refractivity contribution in [2.75, 3.05) is 13.1 Å². The van der Waals surface area contributed by atoms with Crippen molar-refractivity contribution in [3.05, 3.63) is 64.9 Å². The lowest BCUT2D eigenvalue weighted by Crippen LogP contribution is -2.28. The first-order valence-electron chi connectivity index (χ1n) is 7.35. The Morgan fingerprint density at radius 2 is 1.91 bits per heavy atom. The molecule has 0 bridgehead atoms. The first-order chi connectivity index (χ1) is 10.7. The fraction of sp³-hybridized carbons (Fsp3) is 0.294. The van der Waals surface area contributed by atoms with Gasteiger partial charge in [-0.1, -0.05) is 23.7 Å². The predicted molar refractivity (Wildman–Crippen MR) is 88.7 cm³/mol. The molecule has 0 aliphatic heterocycles. The molecule has 116 valence electrons. The number of hydrogen-bond donors (Lipinski definition) is 2. The number of rotatable bonds is 8. The molecule has 0 atom stereocenters. The van der Waals surface area contributed by atoms with Gasteiger partial charge in [0.25, 0.3) is 0 Å². The quantitative estimate of drug-likeness (QED) is 0.736. The van der Waals surface area contributed by atoms with Crippen molar-refractivity contribution < 1.29 is 4.79 Å². The molecule has 0 aliphatic carbocycles. The van der Waals surface area contributed by atoms with Crippen molar-refractivity contribution in [3.8, 4) is 0 Å². The van der Waals surface area contributed by atoms with E-state index in [2.05, 4.69) is 21.7 Å². The first-order valence-corrected chi connectivity index (χ1v) is 7.72. The van der Waals surface area contributed by atoms with E-state index in [1.807, 2.05) is 30.3 Å². The molecule has 4 nitrogen and oxygen atoms in total. The molecule has 1 amide bonds. The molecule has 0 fully saturated rings. The summed E-state index contributed by atoms with van der Waals surface area (Å²) in [4.78, 5) is 15.7. The molecule has 1 aromatic heterocycles. The highest BCUT2D eigenvalue weighted by atomic mass is 35.5. The second kappa shape index (κ2) is 9.18. The van der Waals surface area contributed by atoms with E-state index in [-0.39, 0.29) is 5.91 Å². The molecule has 22 heavy (non-hydrogen) atoms. The van der Waals surface area contributed by atoms with Crippen LogP contribution in [-0.4, -0.2) is 24.0 Å². The smallest absolute Gasteiger partial charge is 0.221 e. The second-order valence-electron chi connectivity index (χ2n) is 5.01. The monoisotopic (exact) mass is 317 g/mol. The van der Waals surface area contributed by atoms with Gasteiger partial charge in [0.2, 0.25) is 5.91 Å². The zero-order valence-corrected chi connectivity index (χ0v) is 13.1. The van der Waals surface area contributed by atoms with Gasteiger partial charge < -0.3 is 10.6 Å². The molecular weight excluding hydrogens is 298 g/mol. The van der Waals surface area contributed by atoms with Crippen molar-refractivity contribution in [3.63, 3.8) is 0 Å². The van der Waals surface area contributed by atoms with Crippen LogP contribution >= 0.6 is 11.6 Å². The minimum atomic E-state index is 0.0482. The van der Waals surface area contributed by atoms with E-state index in [4.69, 9.17) is 11.6 Å². The lowest BCUT2D eigenvalue weighted by Gasteiger charge is -2.07. The molecule has 0 saturated carbocycles. The standard InChI is InChI=1S/C17H20ClN3O/c18-16-3-1-2-14(12-16)4-8-20-11-7-17(22)21-13-15-5-9-19-10-6-15/h1-3,5-6,9-10,12,20H,4,7-8,11,13H2,(H,21,22). The average molecular weight is 318 g/mol. The van der Waals surface area contributed by atoms with Crippen molar-refractivity contribution >= 4 is 17.5 Å². The van der Waals surface area contributed by atoms with Crippen LogP contribution in [-0.2, 0) is 17.8 Å². The maximum absolute atomic E-state index is 11.7. The van der Waals surface area contributed by atoms with Crippen molar-refractivity contribution in [2.45, 2.75) is 19.4 Å². The number of pyridine rings is 1. The van der Waals surface area contributed by atoms with Crippen LogP contribution in [0, 0.1) is 0 Å². The van der Waals surface area contributed by atoms with Gasteiger partial charge in [-0.15, -0.1) is 0 Å². The van der Waals surface area contributed by atoms with Crippen LogP contribution in [0.25, 0.3) is 0 Å². The van der Waals surface area contributed by atoms with Gasteiger partial charge in [-0.25, -0.2) is 0 Å². The highest BCUT2D eigenvalue weighted by Gasteiger charge is 2.01. The SMILES string of the molecule is O=C(CCNCCc1cccc(Cl)c1)NCc1ccncc1. The Kier molecular flexibility index (Phi) is 6.87. The number of nitrogens with zero attached hydrogens (tertiary/aromatic N) is 1. The lowest BCUT2D eigenvalue weighted by atomic mass is 10.1. The van der Waals surface area contributed by atoms with Gasteiger partial charge >= 0.3 is 0 Å². The number of benzene rings is 1. The summed E-state index contributed by atoms with van der Waals surface area (Å²) < 4.78 is 0. The maximum atomic E-state index is 11.7. The van der Waals surface area contributed by atoms with E-state index in [9.17, 15) is 4.79 Å². The van der Waals surface area contributed by atoms with Gasteiger partial charge in [0.15, 0.2) is 0 Å². The van der Waals surface area contributed by atoms with Crippen LogP contribution in [0.2, 0.25) is 5.02 Å². The Labute approximate surface area is 135 Å². The third-order valence-electron chi connectivity index (χ3n) is 3.25. The third kappa shape index (κ3) is 6.24. The van der Waals surface area contributed by atoms with Gasteiger partial charge in [-0.05, 0) is 48.4 Å². The zero-order valence-electron chi connectivity index (χ0n) is 12.4. The fourth-order valence-corrected chi connectivity index (χ4v) is 2.25. The average Bonchev–Trinajstić information content (AvgIpc) is 2.54.